The molecule has 2 rings (SSSR count). The van der Waals surface area contributed by atoms with Gasteiger partial charge in [0, 0.05) is 32.7 Å². The van der Waals surface area contributed by atoms with E-state index in [2.05, 4.69) is 12.2 Å². The van der Waals surface area contributed by atoms with E-state index >= 15 is 0 Å². The molecule has 1 aromatic rings. The number of nitrogens with one attached hydrogen (secondary N) is 1. The van der Waals surface area contributed by atoms with Crippen molar-refractivity contribution in [2.24, 2.45) is 0 Å². The number of aryl methyl sites for hydroxylation is 1. The summed E-state index contributed by atoms with van der Waals surface area (Å²) in [5.41, 5.74) is 1.58. The zero-order valence-electron chi connectivity index (χ0n) is 13.2. The average Bonchev–Trinajstić information content (AvgIpc) is 2.45. The lowest BCUT2D eigenvalue weighted by atomic mass is 9.81. The predicted molar refractivity (Wildman–Crippen MR) is 82.0 cm³/mol. The van der Waals surface area contributed by atoms with Gasteiger partial charge in [-0.25, -0.2) is 4.39 Å². The van der Waals surface area contributed by atoms with Gasteiger partial charge in [0.05, 0.1) is 11.6 Å². The fourth-order valence-corrected chi connectivity index (χ4v) is 3.26. The van der Waals surface area contributed by atoms with Gasteiger partial charge in [0.1, 0.15) is 5.82 Å². The first-order valence-corrected chi connectivity index (χ1v) is 7.83. The summed E-state index contributed by atoms with van der Waals surface area (Å²) in [5.74, 6) is -0.188. The van der Waals surface area contributed by atoms with Crippen LogP contribution in [0.5, 0.6) is 0 Å². The van der Waals surface area contributed by atoms with Crippen molar-refractivity contribution in [1.29, 1.82) is 0 Å². The van der Waals surface area contributed by atoms with Gasteiger partial charge in [-0.05, 0) is 43.7 Å². The van der Waals surface area contributed by atoms with E-state index < -0.39 is 0 Å². The molecule has 1 heterocycles. The third-order valence-electron chi connectivity index (χ3n) is 4.10. The summed E-state index contributed by atoms with van der Waals surface area (Å²) in [5, 5.41) is 3.50. The summed E-state index contributed by atoms with van der Waals surface area (Å²) in [6.45, 7) is 8.85. The molecule has 0 amide bonds. The number of hydrogen-bond donors (Lipinski definition) is 1. The van der Waals surface area contributed by atoms with Crippen LogP contribution >= 0.6 is 0 Å². The molecule has 3 nitrogen and oxygen atoms in total. The number of halogens is 1. The summed E-state index contributed by atoms with van der Waals surface area (Å²) in [4.78, 5) is 0. The summed E-state index contributed by atoms with van der Waals surface area (Å²) >= 11 is 0. The smallest absolute Gasteiger partial charge is 0.123 e. The van der Waals surface area contributed by atoms with Crippen molar-refractivity contribution >= 4 is 0 Å². The molecule has 0 spiro atoms. The Hall–Kier alpha value is -0.970. The summed E-state index contributed by atoms with van der Waals surface area (Å²) < 4.78 is 25.5. The standard InChI is InChI=1S/C17H26FNO2/c1-4-19-16(14-10-13(3)11-15(18)12-14)17(21-5-2)6-8-20-9-7-17/h10-12,16,19H,4-9H2,1-3H3. The molecule has 0 radical (unpaired) electrons. The van der Waals surface area contributed by atoms with Crippen molar-refractivity contribution in [2.75, 3.05) is 26.4 Å². The normalized spacial score (nSPS) is 19.4. The van der Waals surface area contributed by atoms with Crippen LogP contribution in [0.2, 0.25) is 0 Å². The monoisotopic (exact) mass is 295 g/mol. The third kappa shape index (κ3) is 3.82. The van der Waals surface area contributed by atoms with E-state index in [1.807, 2.05) is 19.9 Å². The fourth-order valence-electron chi connectivity index (χ4n) is 3.26. The zero-order chi connectivity index (χ0) is 15.3. The number of hydrogen-bond acceptors (Lipinski definition) is 3. The number of ether oxygens (including phenoxy) is 2. The minimum absolute atomic E-state index is 0.0132. The van der Waals surface area contributed by atoms with Crippen LogP contribution in [0.25, 0.3) is 0 Å². The fraction of sp³-hybridized carbons (Fsp3) is 0.647. The molecule has 0 bridgehead atoms. The Labute approximate surface area is 126 Å². The van der Waals surface area contributed by atoms with Crippen LogP contribution in [0, 0.1) is 12.7 Å². The average molecular weight is 295 g/mol. The van der Waals surface area contributed by atoms with E-state index in [4.69, 9.17) is 9.47 Å². The molecule has 0 aliphatic carbocycles. The minimum atomic E-state index is -0.316. The van der Waals surface area contributed by atoms with Gasteiger partial charge in [0.2, 0.25) is 0 Å². The number of benzene rings is 1. The van der Waals surface area contributed by atoms with Gasteiger partial charge >= 0.3 is 0 Å². The Balaban J connectivity index is 2.38. The molecule has 1 aromatic carbocycles. The Morgan fingerprint density at radius 1 is 1.29 bits per heavy atom. The lowest BCUT2D eigenvalue weighted by Crippen LogP contribution is -2.50. The highest BCUT2D eigenvalue weighted by atomic mass is 19.1. The van der Waals surface area contributed by atoms with Gasteiger partial charge in [0.25, 0.3) is 0 Å². The maximum atomic E-state index is 13.8. The van der Waals surface area contributed by atoms with Crippen molar-refractivity contribution in [3.05, 3.63) is 35.1 Å². The van der Waals surface area contributed by atoms with E-state index in [1.54, 1.807) is 12.1 Å². The molecule has 1 fully saturated rings. The Kier molecular flexibility index (Phi) is 5.73. The predicted octanol–water partition coefficient (Wildman–Crippen LogP) is 3.37. The highest BCUT2D eigenvalue weighted by molar-refractivity contribution is 5.29. The topological polar surface area (TPSA) is 30.5 Å². The van der Waals surface area contributed by atoms with Gasteiger partial charge in [-0.2, -0.15) is 0 Å². The molecule has 1 saturated heterocycles. The van der Waals surface area contributed by atoms with Crippen LogP contribution in [0.3, 0.4) is 0 Å². The molecule has 0 aromatic heterocycles. The second-order valence-corrected chi connectivity index (χ2v) is 5.66. The van der Waals surface area contributed by atoms with Crippen LogP contribution in [-0.2, 0) is 9.47 Å². The lowest BCUT2D eigenvalue weighted by Gasteiger charge is -2.43. The number of likely N-dealkylation sites (N-methyl/N-ethyl adjacent to an activating group) is 1. The Morgan fingerprint density at radius 3 is 2.57 bits per heavy atom. The van der Waals surface area contributed by atoms with Gasteiger partial charge in [-0.1, -0.05) is 13.0 Å². The van der Waals surface area contributed by atoms with Crippen molar-refractivity contribution in [2.45, 2.75) is 45.3 Å². The van der Waals surface area contributed by atoms with E-state index in [0.717, 1.165) is 30.5 Å². The van der Waals surface area contributed by atoms with Crippen molar-refractivity contribution in [3.8, 4) is 0 Å². The highest BCUT2D eigenvalue weighted by Crippen LogP contribution is 2.38. The minimum Gasteiger partial charge on any atom is -0.381 e. The van der Waals surface area contributed by atoms with E-state index in [9.17, 15) is 4.39 Å². The van der Waals surface area contributed by atoms with Gasteiger partial charge < -0.3 is 14.8 Å². The van der Waals surface area contributed by atoms with Crippen molar-refractivity contribution in [3.63, 3.8) is 0 Å². The maximum Gasteiger partial charge on any atom is 0.123 e. The molecule has 1 atom stereocenters. The molecule has 1 unspecified atom stereocenters. The first-order valence-electron chi connectivity index (χ1n) is 7.83. The zero-order valence-corrected chi connectivity index (χ0v) is 13.2. The molecular weight excluding hydrogens is 269 g/mol. The summed E-state index contributed by atoms with van der Waals surface area (Å²) in [7, 11) is 0. The van der Waals surface area contributed by atoms with Gasteiger partial charge in [0.15, 0.2) is 0 Å². The molecule has 118 valence electrons. The van der Waals surface area contributed by atoms with E-state index in [1.165, 1.54) is 0 Å². The maximum absolute atomic E-state index is 13.8. The molecule has 4 heteroatoms. The van der Waals surface area contributed by atoms with Crippen LogP contribution in [0.4, 0.5) is 4.39 Å². The van der Waals surface area contributed by atoms with E-state index in [-0.39, 0.29) is 17.5 Å². The molecular formula is C17H26FNO2. The quantitative estimate of drug-likeness (QED) is 0.873. The van der Waals surface area contributed by atoms with Crippen molar-refractivity contribution < 1.29 is 13.9 Å². The Morgan fingerprint density at radius 2 is 2.00 bits per heavy atom. The van der Waals surface area contributed by atoms with Crippen LogP contribution in [0.15, 0.2) is 18.2 Å². The number of rotatable bonds is 6. The largest absolute Gasteiger partial charge is 0.381 e. The molecule has 1 N–H and O–H groups in total. The van der Waals surface area contributed by atoms with E-state index in [0.29, 0.717) is 19.8 Å². The molecule has 1 aliphatic heterocycles. The Bertz CT molecular complexity index is 432. The van der Waals surface area contributed by atoms with Crippen LogP contribution in [-0.4, -0.2) is 32.0 Å². The summed E-state index contributed by atoms with van der Waals surface area (Å²) in [6, 6.07) is 5.22. The van der Waals surface area contributed by atoms with Gasteiger partial charge in [-0.15, -0.1) is 0 Å². The first-order chi connectivity index (χ1) is 10.1. The molecule has 1 aliphatic rings. The van der Waals surface area contributed by atoms with Crippen molar-refractivity contribution in [1.82, 2.24) is 5.32 Å². The van der Waals surface area contributed by atoms with Crippen LogP contribution in [0.1, 0.15) is 43.9 Å². The van der Waals surface area contributed by atoms with Crippen LogP contribution < -0.4 is 5.32 Å². The lowest BCUT2D eigenvalue weighted by molar-refractivity contribution is -0.127. The SMILES string of the molecule is CCNC(c1cc(C)cc(F)c1)C1(OCC)CCOCC1. The highest BCUT2D eigenvalue weighted by Gasteiger charge is 2.41. The third-order valence-corrected chi connectivity index (χ3v) is 4.10. The van der Waals surface area contributed by atoms with Gasteiger partial charge in [-0.3, -0.25) is 0 Å². The summed E-state index contributed by atoms with van der Waals surface area (Å²) in [6.07, 6.45) is 1.65. The molecule has 21 heavy (non-hydrogen) atoms. The molecule has 0 saturated carbocycles. The second kappa shape index (κ2) is 7.34. The second-order valence-electron chi connectivity index (χ2n) is 5.66. The first kappa shape index (κ1) is 16.4.